The molecular weight excluding hydrogens is 354 g/mol. The molecule has 0 aliphatic rings. The monoisotopic (exact) mass is 367 g/mol. The SMILES string of the molecule is Cc1cc(NC(=O)C(C)Oc2ccccc2Cl)ccc1Br. The summed E-state index contributed by atoms with van der Waals surface area (Å²) >= 11 is 9.43. The number of para-hydroxylation sites is 1. The summed E-state index contributed by atoms with van der Waals surface area (Å²) in [6.45, 7) is 3.65. The Morgan fingerprint density at radius 3 is 2.67 bits per heavy atom. The van der Waals surface area contributed by atoms with Crippen molar-refractivity contribution in [3.63, 3.8) is 0 Å². The van der Waals surface area contributed by atoms with E-state index < -0.39 is 6.10 Å². The largest absolute Gasteiger partial charge is 0.479 e. The fraction of sp³-hybridized carbons (Fsp3) is 0.188. The molecular formula is C16H15BrClNO2. The zero-order valence-electron chi connectivity index (χ0n) is 11.7. The summed E-state index contributed by atoms with van der Waals surface area (Å²) in [6.07, 6.45) is -0.645. The average molecular weight is 369 g/mol. The second kappa shape index (κ2) is 6.96. The van der Waals surface area contributed by atoms with Gasteiger partial charge in [0.2, 0.25) is 0 Å². The van der Waals surface area contributed by atoms with Crippen LogP contribution >= 0.6 is 27.5 Å². The molecule has 1 unspecified atom stereocenters. The number of aryl methyl sites for hydroxylation is 1. The predicted octanol–water partition coefficient (Wildman–Crippen LogP) is 4.82. The Morgan fingerprint density at radius 1 is 1.29 bits per heavy atom. The first-order valence-electron chi connectivity index (χ1n) is 6.45. The molecule has 3 nitrogen and oxygen atoms in total. The van der Waals surface area contributed by atoms with Gasteiger partial charge in [0.15, 0.2) is 6.10 Å². The Bertz CT molecular complexity index is 660. The zero-order chi connectivity index (χ0) is 15.4. The van der Waals surface area contributed by atoms with Gasteiger partial charge in [-0.05, 0) is 49.7 Å². The van der Waals surface area contributed by atoms with Gasteiger partial charge in [-0.3, -0.25) is 4.79 Å². The highest BCUT2D eigenvalue weighted by molar-refractivity contribution is 9.10. The summed E-state index contributed by atoms with van der Waals surface area (Å²) in [5, 5.41) is 3.30. The second-order valence-corrected chi connectivity index (χ2v) is 5.91. The van der Waals surface area contributed by atoms with Crippen LogP contribution in [0.1, 0.15) is 12.5 Å². The molecule has 0 saturated heterocycles. The minimum absolute atomic E-state index is 0.225. The molecule has 2 aromatic carbocycles. The lowest BCUT2D eigenvalue weighted by molar-refractivity contribution is -0.122. The van der Waals surface area contributed by atoms with Crippen LogP contribution in [-0.4, -0.2) is 12.0 Å². The Balaban J connectivity index is 2.02. The Morgan fingerprint density at radius 2 is 2.00 bits per heavy atom. The fourth-order valence-electron chi connectivity index (χ4n) is 1.75. The predicted molar refractivity (Wildman–Crippen MR) is 89.1 cm³/mol. The first-order valence-corrected chi connectivity index (χ1v) is 7.62. The maximum Gasteiger partial charge on any atom is 0.265 e. The van der Waals surface area contributed by atoms with Crippen LogP contribution in [0.25, 0.3) is 0 Å². The second-order valence-electron chi connectivity index (χ2n) is 4.64. The molecule has 1 N–H and O–H groups in total. The van der Waals surface area contributed by atoms with Crippen LogP contribution in [0.4, 0.5) is 5.69 Å². The van der Waals surface area contributed by atoms with Crippen LogP contribution in [0, 0.1) is 6.92 Å². The molecule has 0 aromatic heterocycles. The van der Waals surface area contributed by atoms with Gasteiger partial charge in [0.1, 0.15) is 5.75 Å². The molecule has 21 heavy (non-hydrogen) atoms. The van der Waals surface area contributed by atoms with Crippen molar-refractivity contribution >= 4 is 39.1 Å². The number of hydrogen-bond acceptors (Lipinski definition) is 2. The molecule has 1 amide bonds. The van der Waals surface area contributed by atoms with E-state index in [2.05, 4.69) is 21.2 Å². The maximum absolute atomic E-state index is 12.1. The van der Waals surface area contributed by atoms with Crippen LogP contribution < -0.4 is 10.1 Å². The van der Waals surface area contributed by atoms with Crippen molar-refractivity contribution in [3.05, 3.63) is 57.5 Å². The molecule has 1 atom stereocenters. The highest BCUT2D eigenvalue weighted by Crippen LogP contribution is 2.25. The van der Waals surface area contributed by atoms with Gasteiger partial charge >= 0.3 is 0 Å². The summed E-state index contributed by atoms with van der Waals surface area (Å²) in [5.41, 5.74) is 1.78. The molecule has 0 fully saturated rings. The third-order valence-electron chi connectivity index (χ3n) is 2.94. The number of benzene rings is 2. The number of anilines is 1. The first-order chi connectivity index (χ1) is 9.97. The maximum atomic E-state index is 12.1. The minimum atomic E-state index is -0.645. The van der Waals surface area contributed by atoms with E-state index in [1.165, 1.54) is 0 Å². The smallest absolute Gasteiger partial charge is 0.265 e. The summed E-state index contributed by atoms with van der Waals surface area (Å²) in [7, 11) is 0. The lowest BCUT2D eigenvalue weighted by Gasteiger charge is -2.16. The van der Waals surface area contributed by atoms with Crippen molar-refractivity contribution in [1.82, 2.24) is 0 Å². The Hall–Kier alpha value is -1.52. The van der Waals surface area contributed by atoms with Gasteiger partial charge in [0.25, 0.3) is 5.91 Å². The van der Waals surface area contributed by atoms with Gasteiger partial charge < -0.3 is 10.1 Å². The molecule has 0 bridgehead atoms. The molecule has 0 aliphatic carbocycles. The lowest BCUT2D eigenvalue weighted by atomic mass is 10.2. The number of carbonyl (C=O) groups excluding carboxylic acids is 1. The van der Waals surface area contributed by atoms with Crippen LogP contribution in [0.15, 0.2) is 46.9 Å². The van der Waals surface area contributed by atoms with E-state index in [4.69, 9.17) is 16.3 Å². The van der Waals surface area contributed by atoms with Crippen LogP contribution in [-0.2, 0) is 4.79 Å². The normalized spacial score (nSPS) is 11.8. The third kappa shape index (κ3) is 4.22. The van der Waals surface area contributed by atoms with E-state index in [1.54, 1.807) is 19.1 Å². The van der Waals surface area contributed by atoms with E-state index in [0.29, 0.717) is 10.8 Å². The fourth-order valence-corrected chi connectivity index (χ4v) is 2.18. The molecule has 2 rings (SSSR count). The molecule has 2 aromatic rings. The van der Waals surface area contributed by atoms with Crippen molar-refractivity contribution < 1.29 is 9.53 Å². The van der Waals surface area contributed by atoms with E-state index in [1.807, 2.05) is 37.3 Å². The topological polar surface area (TPSA) is 38.3 Å². The summed E-state index contributed by atoms with van der Waals surface area (Å²) in [5.74, 6) is 0.269. The molecule has 110 valence electrons. The van der Waals surface area contributed by atoms with Crippen molar-refractivity contribution in [2.75, 3.05) is 5.32 Å². The number of carbonyl (C=O) groups is 1. The molecule has 0 heterocycles. The number of rotatable bonds is 4. The van der Waals surface area contributed by atoms with E-state index in [9.17, 15) is 4.79 Å². The van der Waals surface area contributed by atoms with Crippen LogP contribution in [0.5, 0.6) is 5.75 Å². The standard InChI is InChI=1S/C16H15BrClNO2/c1-10-9-12(7-8-13(10)17)19-16(20)11(2)21-15-6-4-3-5-14(15)18/h3-9,11H,1-2H3,(H,19,20). The molecule has 0 radical (unpaired) electrons. The summed E-state index contributed by atoms with van der Waals surface area (Å²) in [4.78, 5) is 12.1. The van der Waals surface area contributed by atoms with Gasteiger partial charge in [0, 0.05) is 10.2 Å². The number of halogens is 2. The number of hydrogen-bond donors (Lipinski definition) is 1. The number of ether oxygens (including phenoxy) is 1. The van der Waals surface area contributed by atoms with Crippen molar-refractivity contribution in [1.29, 1.82) is 0 Å². The molecule has 0 saturated carbocycles. The minimum Gasteiger partial charge on any atom is -0.479 e. The molecule has 0 aliphatic heterocycles. The van der Waals surface area contributed by atoms with Gasteiger partial charge in [-0.25, -0.2) is 0 Å². The van der Waals surface area contributed by atoms with E-state index in [0.717, 1.165) is 15.7 Å². The van der Waals surface area contributed by atoms with Crippen molar-refractivity contribution in [2.24, 2.45) is 0 Å². The van der Waals surface area contributed by atoms with Crippen LogP contribution in [0.3, 0.4) is 0 Å². The molecule has 5 heteroatoms. The number of nitrogens with one attached hydrogen (secondary N) is 1. The van der Waals surface area contributed by atoms with Gasteiger partial charge in [-0.2, -0.15) is 0 Å². The first kappa shape index (κ1) is 15.9. The highest BCUT2D eigenvalue weighted by atomic mass is 79.9. The van der Waals surface area contributed by atoms with Crippen molar-refractivity contribution in [3.8, 4) is 5.75 Å². The molecule has 0 spiro atoms. The van der Waals surface area contributed by atoms with Gasteiger partial charge in [0.05, 0.1) is 5.02 Å². The highest BCUT2D eigenvalue weighted by Gasteiger charge is 2.16. The quantitative estimate of drug-likeness (QED) is 0.840. The Labute approximate surface area is 137 Å². The van der Waals surface area contributed by atoms with Gasteiger partial charge in [-0.15, -0.1) is 0 Å². The van der Waals surface area contributed by atoms with Crippen molar-refractivity contribution in [2.45, 2.75) is 20.0 Å². The van der Waals surface area contributed by atoms with E-state index in [-0.39, 0.29) is 5.91 Å². The third-order valence-corrected chi connectivity index (χ3v) is 4.14. The summed E-state index contributed by atoms with van der Waals surface area (Å²) < 4.78 is 6.58. The summed E-state index contributed by atoms with van der Waals surface area (Å²) in [6, 6.07) is 12.7. The average Bonchev–Trinajstić information content (AvgIpc) is 2.45. The zero-order valence-corrected chi connectivity index (χ0v) is 14.0. The van der Waals surface area contributed by atoms with Crippen LogP contribution in [0.2, 0.25) is 5.02 Å². The van der Waals surface area contributed by atoms with E-state index >= 15 is 0 Å². The lowest BCUT2D eigenvalue weighted by Crippen LogP contribution is -2.30. The Kier molecular flexibility index (Phi) is 5.26. The van der Waals surface area contributed by atoms with Gasteiger partial charge in [-0.1, -0.05) is 39.7 Å². The number of amides is 1.